The molecule has 0 saturated carbocycles. The average molecular weight is 297 g/mol. The third kappa shape index (κ3) is 3.93. The summed E-state index contributed by atoms with van der Waals surface area (Å²) in [6, 6.07) is 12.7. The van der Waals surface area contributed by atoms with Gasteiger partial charge in [0.2, 0.25) is 5.91 Å². The minimum absolute atomic E-state index is 0.112. The Morgan fingerprint density at radius 1 is 0.909 bits per heavy atom. The molecule has 114 valence electrons. The van der Waals surface area contributed by atoms with Gasteiger partial charge >= 0.3 is 0 Å². The highest BCUT2D eigenvalue weighted by Gasteiger charge is 2.11. The fourth-order valence-corrected chi connectivity index (χ4v) is 1.97. The zero-order valence-corrected chi connectivity index (χ0v) is 12.6. The van der Waals surface area contributed by atoms with Crippen molar-refractivity contribution >= 4 is 23.2 Å². The van der Waals surface area contributed by atoms with Gasteiger partial charge in [-0.15, -0.1) is 0 Å². The van der Waals surface area contributed by atoms with Crippen LogP contribution in [-0.2, 0) is 4.79 Å². The van der Waals surface area contributed by atoms with Gasteiger partial charge in [0.15, 0.2) is 0 Å². The highest BCUT2D eigenvalue weighted by Crippen LogP contribution is 2.23. The Labute approximate surface area is 129 Å². The fraction of sp³-hybridized carbons (Fsp3) is 0.176. The summed E-state index contributed by atoms with van der Waals surface area (Å²) in [6.45, 7) is 3.76. The molecule has 0 saturated heterocycles. The molecule has 0 radical (unpaired) electrons. The molecule has 0 aliphatic carbocycles. The van der Waals surface area contributed by atoms with Crippen LogP contribution in [0.25, 0.3) is 0 Å². The van der Waals surface area contributed by atoms with Crippen molar-refractivity contribution < 1.29 is 9.59 Å². The SMILES string of the molecule is Cc1ccc(C(=O)Nc2ccc(C)cc2NC(=O)CN)cc1. The summed E-state index contributed by atoms with van der Waals surface area (Å²) in [5.74, 6) is -0.538. The first-order chi connectivity index (χ1) is 10.5. The molecule has 2 rings (SSSR count). The van der Waals surface area contributed by atoms with Gasteiger partial charge in [-0.05, 0) is 43.7 Å². The Balaban J connectivity index is 2.23. The normalized spacial score (nSPS) is 10.1. The monoisotopic (exact) mass is 297 g/mol. The van der Waals surface area contributed by atoms with Crippen LogP contribution in [0.1, 0.15) is 21.5 Å². The lowest BCUT2D eigenvalue weighted by Crippen LogP contribution is -2.23. The number of carbonyl (C=O) groups is 2. The van der Waals surface area contributed by atoms with Gasteiger partial charge in [0, 0.05) is 5.56 Å². The van der Waals surface area contributed by atoms with E-state index in [1.165, 1.54) is 0 Å². The molecule has 2 amide bonds. The largest absolute Gasteiger partial charge is 0.323 e. The van der Waals surface area contributed by atoms with Crippen molar-refractivity contribution in [3.05, 3.63) is 59.2 Å². The van der Waals surface area contributed by atoms with Crippen LogP contribution in [0, 0.1) is 13.8 Å². The Bertz CT molecular complexity index is 694. The number of carbonyl (C=O) groups excluding carboxylic acids is 2. The number of nitrogens with two attached hydrogens (primary N) is 1. The summed E-state index contributed by atoms with van der Waals surface area (Å²) in [5.41, 5.74) is 9.01. The number of hydrogen-bond acceptors (Lipinski definition) is 3. The molecule has 2 aromatic rings. The number of nitrogens with one attached hydrogen (secondary N) is 2. The van der Waals surface area contributed by atoms with E-state index in [1.807, 2.05) is 32.0 Å². The molecule has 0 unspecified atom stereocenters. The second-order valence-electron chi connectivity index (χ2n) is 5.12. The van der Waals surface area contributed by atoms with Crippen molar-refractivity contribution in [1.82, 2.24) is 0 Å². The van der Waals surface area contributed by atoms with Crippen LogP contribution < -0.4 is 16.4 Å². The quantitative estimate of drug-likeness (QED) is 0.810. The van der Waals surface area contributed by atoms with Crippen LogP contribution in [0.2, 0.25) is 0 Å². The molecule has 0 bridgehead atoms. The van der Waals surface area contributed by atoms with E-state index in [0.29, 0.717) is 16.9 Å². The molecule has 0 spiro atoms. The van der Waals surface area contributed by atoms with E-state index in [0.717, 1.165) is 11.1 Å². The van der Waals surface area contributed by atoms with Gasteiger partial charge in [-0.3, -0.25) is 9.59 Å². The van der Waals surface area contributed by atoms with Crippen LogP contribution >= 0.6 is 0 Å². The molecule has 22 heavy (non-hydrogen) atoms. The Morgan fingerprint density at radius 3 is 2.18 bits per heavy atom. The van der Waals surface area contributed by atoms with E-state index in [2.05, 4.69) is 10.6 Å². The summed E-state index contributed by atoms with van der Waals surface area (Å²) < 4.78 is 0. The van der Waals surface area contributed by atoms with Gasteiger partial charge < -0.3 is 16.4 Å². The van der Waals surface area contributed by atoms with Gasteiger partial charge in [0.1, 0.15) is 0 Å². The van der Waals surface area contributed by atoms with E-state index >= 15 is 0 Å². The second kappa shape index (κ2) is 6.87. The zero-order valence-electron chi connectivity index (χ0n) is 12.6. The lowest BCUT2D eigenvalue weighted by Gasteiger charge is -2.13. The van der Waals surface area contributed by atoms with Gasteiger partial charge in [0.25, 0.3) is 5.91 Å². The zero-order chi connectivity index (χ0) is 16.1. The topological polar surface area (TPSA) is 84.2 Å². The first-order valence-corrected chi connectivity index (χ1v) is 6.98. The number of amides is 2. The van der Waals surface area contributed by atoms with Crippen molar-refractivity contribution in [1.29, 1.82) is 0 Å². The minimum atomic E-state index is -0.309. The number of anilines is 2. The van der Waals surface area contributed by atoms with E-state index < -0.39 is 0 Å². The Hall–Kier alpha value is -2.66. The minimum Gasteiger partial charge on any atom is -0.323 e. The standard InChI is InChI=1S/C17H19N3O2/c1-11-3-6-13(7-4-11)17(22)20-14-8-5-12(2)9-15(14)19-16(21)10-18/h3-9H,10,18H2,1-2H3,(H,19,21)(H,20,22). The van der Waals surface area contributed by atoms with Crippen LogP contribution in [0.4, 0.5) is 11.4 Å². The summed E-state index contributed by atoms with van der Waals surface area (Å²) in [5, 5.41) is 5.50. The van der Waals surface area contributed by atoms with E-state index in [4.69, 9.17) is 5.73 Å². The van der Waals surface area contributed by atoms with Gasteiger partial charge in [-0.25, -0.2) is 0 Å². The summed E-state index contributed by atoms with van der Waals surface area (Å²) >= 11 is 0. The Morgan fingerprint density at radius 2 is 1.55 bits per heavy atom. The molecule has 0 aliphatic heterocycles. The maximum absolute atomic E-state index is 12.3. The number of rotatable bonds is 4. The predicted molar refractivity (Wildman–Crippen MR) is 88.0 cm³/mol. The molecule has 5 nitrogen and oxygen atoms in total. The van der Waals surface area contributed by atoms with Gasteiger partial charge in [0.05, 0.1) is 17.9 Å². The van der Waals surface area contributed by atoms with E-state index in [9.17, 15) is 9.59 Å². The highest BCUT2D eigenvalue weighted by molar-refractivity contribution is 6.07. The molecule has 0 heterocycles. The van der Waals surface area contributed by atoms with Crippen LogP contribution in [0.5, 0.6) is 0 Å². The third-order valence-electron chi connectivity index (χ3n) is 3.20. The fourth-order valence-electron chi connectivity index (χ4n) is 1.97. The van der Waals surface area contributed by atoms with Gasteiger partial charge in [-0.2, -0.15) is 0 Å². The smallest absolute Gasteiger partial charge is 0.255 e. The summed E-state index contributed by atoms with van der Waals surface area (Å²) in [4.78, 5) is 23.8. The highest BCUT2D eigenvalue weighted by atomic mass is 16.2. The molecule has 2 aromatic carbocycles. The molecule has 0 aliphatic rings. The molecule has 5 heteroatoms. The maximum Gasteiger partial charge on any atom is 0.255 e. The van der Waals surface area contributed by atoms with Crippen LogP contribution in [0.15, 0.2) is 42.5 Å². The molecular formula is C17H19N3O2. The lowest BCUT2D eigenvalue weighted by atomic mass is 10.1. The first kappa shape index (κ1) is 15.7. The second-order valence-corrected chi connectivity index (χ2v) is 5.12. The van der Waals surface area contributed by atoms with E-state index in [1.54, 1.807) is 24.3 Å². The van der Waals surface area contributed by atoms with Crippen molar-refractivity contribution in [2.75, 3.05) is 17.2 Å². The molecule has 0 fully saturated rings. The average Bonchev–Trinajstić information content (AvgIpc) is 2.50. The van der Waals surface area contributed by atoms with E-state index in [-0.39, 0.29) is 18.4 Å². The van der Waals surface area contributed by atoms with Crippen molar-refractivity contribution in [3.63, 3.8) is 0 Å². The van der Waals surface area contributed by atoms with Crippen molar-refractivity contribution in [2.24, 2.45) is 5.73 Å². The summed E-state index contributed by atoms with van der Waals surface area (Å²) in [7, 11) is 0. The van der Waals surface area contributed by atoms with Crippen LogP contribution in [-0.4, -0.2) is 18.4 Å². The molecular weight excluding hydrogens is 278 g/mol. The van der Waals surface area contributed by atoms with Crippen molar-refractivity contribution in [2.45, 2.75) is 13.8 Å². The third-order valence-corrected chi connectivity index (χ3v) is 3.20. The predicted octanol–water partition coefficient (Wildman–Crippen LogP) is 2.45. The number of hydrogen-bond donors (Lipinski definition) is 3. The van der Waals surface area contributed by atoms with Gasteiger partial charge in [-0.1, -0.05) is 23.8 Å². The lowest BCUT2D eigenvalue weighted by molar-refractivity contribution is -0.114. The van der Waals surface area contributed by atoms with Crippen molar-refractivity contribution in [3.8, 4) is 0 Å². The molecule has 4 N–H and O–H groups in total. The Kier molecular flexibility index (Phi) is 4.91. The molecule has 0 atom stereocenters. The molecule has 0 aromatic heterocycles. The summed E-state index contributed by atoms with van der Waals surface area (Å²) in [6.07, 6.45) is 0. The first-order valence-electron chi connectivity index (χ1n) is 6.98. The number of benzene rings is 2. The maximum atomic E-state index is 12.3. The number of aryl methyl sites for hydroxylation is 2. The van der Waals surface area contributed by atoms with Crippen LogP contribution in [0.3, 0.4) is 0 Å².